The van der Waals surface area contributed by atoms with E-state index in [1.165, 1.54) is 12.1 Å². The predicted molar refractivity (Wildman–Crippen MR) is 147 cm³/mol. The van der Waals surface area contributed by atoms with Crippen LogP contribution in [0.3, 0.4) is 0 Å². The molecule has 0 fully saturated rings. The Kier molecular flexibility index (Phi) is 6.64. The van der Waals surface area contributed by atoms with E-state index >= 15 is 0 Å². The van der Waals surface area contributed by atoms with Gasteiger partial charge in [-0.1, -0.05) is 42.5 Å². The molecule has 1 heterocycles. The minimum atomic E-state index is -0.486. The molecule has 0 N–H and O–H groups in total. The van der Waals surface area contributed by atoms with Crippen molar-refractivity contribution in [2.75, 3.05) is 0 Å². The van der Waals surface area contributed by atoms with Crippen LogP contribution in [0.25, 0.3) is 16.8 Å². The fourth-order valence-electron chi connectivity index (χ4n) is 3.60. The fraction of sp³-hybridized carbons (Fsp3) is 0.0370. The second kappa shape index (κ2) is 9.83. The maximum absolute atomic E-state index is 13.4. The molecule has 1 aliphatic rings. The Hall–Kier alpha value is -2.79. The van der Waals surface area contributed by atoms with Gasteiger partial charge in [0.15, 0.2) is 5.70 Å². The molecule has 0 aliphatic carbocycles. The molecule has 34 heavy (non-hydrogen) atoms. The highest BCUT2D eigenvalue weighted by Crippen LogP contribution is 2.31. The van der Waals surface area contributed by atoms with Gasteiger partial charge in [-0.3, -0.25) is 0 Å². The van der Waals surface area contributed by atoms with Gasteiger partial charge in [-0.05, 0) is 110 Å². The van der Waals surface area contributed by atoms with Crippen LogP contribution >= 0.6 is 45.2 Å². The molecule has 0 radical (unpaired) electrons. The van der Waals surface area contributed by atoms with Gasteiger partial charge in [-0.25, -0.2) is 14.2 Å². The van der Waals surface area contributed by atoms with Crippen LogP contribution in [0, 0.1) is 13.0 Å². The molecule has 0 atom stereocenters. The number of hydrogen-bond donors (Lipinski definition) is 0. The number of ether oxygens (including phenoxy) is 2. The number of hydrogen-bond acceptors (Lipinski definition) is 4. The summed E-state index contributed by atoms with van der Waals surface area (Å²) in [7, 11) is 0. The van der Waals surface area contributed by atoms with Crippen LogP contribution < -0.4 is 4.74 Å². The number of cyclic esters (lactones) is 1. The molecule has 0 amide bonds. The maximum Gasteiger partial charge on any atom is 0.363 e. The molecule has 0 unspecified atom stereocenters. The first kappa shape index (κ1) is 23.0. The molecular weight excluding hydrogens is 659 g/mol. The van der Waals surface area contributed by atoms with E-state index in [0.717, 1.165) is 34.6 Å². The summed E-state index contributed by atoms with van der Waals surface area (Å²) in [5, 5.41) is 2.16. The van der Waals surface area contributed by atoms with Gasteiger partial charge < -0.3 is 9.47 Å². The van der Waals surface area contributed by atoms with Crippen molar-refractivity contribution in [3.8, 4) is 5.75 Å². The first-order chi connectivity index (χ1) is 16.5. The Bertz CT molecular complexity index is 1470. The second-order valence-corrected chi connectivity index (χ2v) is 9.95. The van der Waals surface area contributed by atoms with Crippen molar-refractivity contribution in [2.45, 2.75) is 6.61 Å². The van der Waals surface area contributed by atoms with E-state index in [0.29, 0.717) is 11.6 Å². The maximum atomic E-state index is 13.4. The first-order valence-electron chi connectivity index (χ1n) is 10.3. The summed E-state index contributed by atoms with van der Waals surface area (Å²) < 4.78 is 26.6. The number of fused-ring (bicyclic) bond motifs is 1. The number of carbonyl (C=O) groups excluding carboxylic acids is 1. The average Bonchev–Trinajstić information content (AvgIpc) is 3.18. The van der Waals surface area contributed by atoms with Crippen molar-refractivity contribution >= 4 is 73.9 Å². The second-order valence-electron chi connectivity index (χ2n) is 7.63. The van der Waals surface area contributed by atoms with E-state index in [-0.39, 0.29) is 18.1 Å². The normalized spacial score (nSPS) is 14.4. The van der Waals surface area contributed by atoms with E-state index < -0.39 is 5.97 Å². The van der Waals surface area contributed by atoms with Crippen LogP contribution in [0.2, 0.25) is 0 Å². The Morgan fingerprint density at radius 3 is 2.44 bits per heavy atom. The molecule has 0 saturated heterocycles. The van der Waals surface area contributed by atoms with Gasteiger partial charge in [-0.15, -0.1) is 0 Å². The molecular formula is C27H16FI2NO3. The Labute approximate surface area is 222 Å². The Morgan fingerprint density at radius 1 is 0.912 bits per heavy atom. The number of benzene rings is 4. The molecule has 4 aromatic rings. The minimum absolute atomic E-state index is 0.239. The summed E-state index contributed by atoms with van der Waals surface area (Å²) in [6.45, 7) is 0.260. The smallest absolute Gasteiger partial charge is 0.363 e. The molecule has 7 heteroatoms. The zero-order valence-corrected chi connectivity index (χ0v) is 21.9. The molecule has 168 valence electrons. The minimum Gasteiger partial charge on any atom is -0.487 e. The third kappa shape index (κ3) is 5.00. The van der Waals surface area contributed by atoms with Crippen LogP contribution in [0.4, 0.5) is 4.39 Å². The molecule has 1 aliphatic heterocycles. The lowest BCUT2D eigenvalue weighted by atomic mass is 10.1. The SMILES string of the molecule is O=C1OC(c2ccc3ccccc3c2)=N/C1=C\c1cc(I)c(OCc2cccc(F)c2)c(I)c1. The van der Waals surface area contributed by atoms with Gasteiger partial charge in [0.1, 0.15) is 18.2 Å². The van der Waals surface area contributed by atoms with Crippen LogP contribution in [0.1, 0.15) is 16.7 Å². The molecule has 0 spiro atoms. The van der Waals surface area contributed by atoms with Crippen molar-refractivity contribution in [1.29, 1.82) is 0 Å². The van der Waals surface area contributed by atoms with Crippen LogP contribution in [-0.2, 0) is 16.1 Å². The number of rotatable bonds is 5. The van der Waals surface area contributed by atoms with E-state index in [9.17, 15) is 9.18 Å². The zero-order chi connectivity index (χ0) is 23.7. The van der Waals surface area contributed by atoms with E-state index in [4.69, 9.17) is 9.47 Å². The van der Waals surface area contributed by atoms with Crippen molar-refractivity contribution in [1.82, 2.24) is 0 Å². The van der Waals surface area contributed by atoms with Crippen molar-refractivity contribution in [3.05, 3.63) is 114 Å². The van der Waals surface area contributed by atoms with Gasteiger partial charge in [0.2, 0.25) is 5.90 Å². The lowest BCUT2D eigenvalue weighted by molar-refractivity contribution is -0.129. The predicted octanol–water partition coefficient (Wildman–Crippen LogP) is 7.11. The summed E-state index contributed by atoms with van der Waals surface area (Å²) in [4.78, 5) is 16.9. The summed E-state index contributed by atoms with van der Waals surface area (Å²) in [6.07, 6.45) is 1.71. The number of esters is 1. The summed E-state index contributed by atoms with van der Waals surface area (Å²) in [6, 6.07) is 24.0. The third-order valence-electron chi connectivity index (χ3n) is 5.21. The van der Waals surface area contributed by atoms with Gasteiger partial charge in [0, 0.05) is 5.56 Å². The first-order valence-corrected chi connectivity index (χ1v) is 12.5. The molecule has 5 rings (SSSR count). The monoisotopic (exact) mass is 675 g/mol. The highest BCUT2D eigenvalue weighted by Gasteiger charge is 2.24. The quantitative estimate of drug-likeness (QED) is 0.129. The lowest BCUT2D eigenvalue weighted by Gasteiger charge is -2.11. The molecule has 0 bridgehead atoms. The lowest BCUT2D eigenvalue weighted by Crippen LogP contribution is -2.05. The van der Waals surface area contributed by atoms with Crippen molar-refractivity contribution in [2.24, 2.45) is 4.99 Å². The molecule has 0 aromatic heterocycles. The van der Waals surface area contributed by atoms with E-state index in [2.05, 4.69) is 50.2 Å². The summed E-state index contributed by atoms with van der Waals surface area (Å²) in [5.74, 6) is 0.225. The topological polar surface area (TPSA) is 47.9 Å². The number of halogens is 3. The molecule has 4 nitrogen and oxygen atoms in total. The number of nitrogens with zero attached hydrogens (tertiary/aromatic N) is 1. The largest absolute Gasteiger partial charge is 0.487 e. The fourth-order valence-corrected chi connectivity index (χ4v) is 5.72. The number of carbonyl (C=O) groups is 1. The summed E-state index contributed by atoms with van der Waals surface area (Å²) >= 11 is 4.38. The van der Waals surface area contributed by atoms with Crippen LogP contribution in [-0.4, -0.2) is 11.9 Å². The zero-order valence-electron chi connectivity index (χ0n) is 17.6. The van der Waals surface area contributed by atoms with E-state index in [1.54, 1.807) is 12.1 Å². The Balaban J connectivity index is 1.39. The standard InChI is InChI=1S/C27H16FI2NO3/c28-21-7-3-4-16(10-21)15-33-25-22(29)11-17(12-23(25)30)13-24-27(32)34-26(31-24)20-9-8-18-5-1-2-6-19(18)14-20/h1-14H,15H2/b24-13-. The van der Waals surface area contributed by atoms with Gasteiger partial charge in [-0.2, -0.15) is 0 Å². The number of aliphatic imine (C=N–C) groups is 1. The average molecular weight is 675 g/mol. The van der Waals surface area contributed by atoms with Gasteiger partial charge in [0.05, 0.1) is 7.14 Å². The van der Waals surface area contributed by atoms with Crippen LogP contribution in [0.5, 0.6) is 5.75 Å². The summed E-state index contributed by atoms with van der Waals surface area (Å²) in [5.41, 5.74) is 2.55. The van der Waals surface area contributed by atoms with E-state index in [1.807, 2.05) is 60.7 Å². The van der Waals surface area contributed by atoms with Crippen molar-refractivity contribution in [3.63, 3.8) is 0 Å². The Morgan fingerprint density at radius 2 is 1.68 bits per heavy atom. The van der Waals surface area contributed by atoms with Crippen molar-refractivity contribution < 1.29 is 18.7 Å². The highest BCUT2D eigenvalue weighted by molar-refractivity contribution is 14.1. The third-order valence-corrected chi connectivity index (χ3v) is 6.82. The highest BCUT2D eigenvalue weighted by atomic mass is 127. The van der Waals surface area contributed by atoms with Gasteiger partial charge in [0.25, 0.3) is 0 Å². The molecule has 4 aromatic carbocycles. The van der Waals surface area contributed by atoms with Crippen LogP contribution in [0.15, 0.2) is 89.6 Å². The molecule has 0 saturated carbocycles. The van der Waals surface area contributed by atoms with Gasteiger partial charge >= 0.3 is 5.97 Å².